The Balaban J connectivity index is 1.52. The highest BCUT2D eigenvalue weighted by Crippen LogP contribution is 2.27. The second kappa shape index (κ2) is 8.08. The molecule has 5 nitrogen and oxygen atoms in total. The zero-order chi connectivity index (χ0) is 16.8. The molecule has 0 aliphatic carbocycles. The van der Waals surface area contributed by atoms with Gasteiger partial charge in [-0.15, -0.1) is 10.2 Å². The van der Waals surface area contributed by atoms with Crippen LogP contribution >= 0.6 is 23.4 Å². The van der Waals surface area contributed by atoms with Crippen molar-refractivity contribution in [2.75, 3.05) is 18.2 Å². The molecule has 7 heteroatoms. The minimum atomic E-state index is 0.559. The molecule has 0 aliphatic heterocycles. The fourth-order valence-electron chi connectivity index (χ4n) is 2.13. The van der Waals surface area contributed by atoms with E-state index in [1.807, 2.05) is 48.5 Å². The van der Waals surface area contributed by atoms with Crippen LogP contribution in [0.5, 0.6) is 5.75 Å². The zero-order valence-corrected chi connectivity index (χ0v) is 14.5. The van der Waals surface area contributed by atoms with Crippen molar-refractivity contribution in [3.63, 3.8) is 0 Å². The maximum absolute atomic E-state index is 6.18. The summed E-state index contributed by atoms with van der Waals surface area (Å²) < 4.78 is 7.14. The van der Waals surface area contributed by atoms with Gasteiger partial charge in [-0.3, -0.25) is 0 Å². The summed E-state index contributed by atoms with van der Waals surface area (Å²) in [5.41, 5.74) is 0.772. The molecule has 0 atom stereocenters. The first-order chi connectivity index (χ1) is 11.8. The van der Waals surface area contributed by atoms with E-state index in [1.54, 1.807) is 17.8 Å². The van der Waals surface area contributed by atoms with Gasteiger partial charge in [-0.1, -0.05) is 53.7 Å². The van der Waals surface area contributed by atoms with Crippen molar-refractivity contribution in [3.8, 4) is 17.1 Å². The zero-order valence-electron chi connectivity index (χ0n) is 12.9. The average Bonchev–Trinajstić information content (AvgIpc) is 2.97. The maximum Gasteiger partial charge on any atom is 0.210 e. The molecule has 0 amide bonds. The predicted octanol–water partition coefficient (Wildman–Crippen LogP) is 3.87. The molecule has 0 saturated carbocycles. The summed E-state index contributed by atoms with van der Waals surface area (Å²) in [6.07, 6.45) is 0.883. The van der Waals surface area contributed by atoms with Gasteiger partial charge in [0.1, 0.15) is 5.75 Å². The van der Waals surface area contributed by atoms with Gasteiger partial charge in [-0.2, -0.15) is 0 Å². The van der Waals surface area contributed by atoms with E-state index in [2.05, 4.69) is 10.2 Å². The number of nitrogen functional groups attached to an aromatic ring is 1. The third-order valence-corrected chi connectivity index (χ3v) is 4.67. The van der Waals surface area contributed by atoms with E-state index in [9.17, 15) is 0 Å². The van der Waals surface area contributed by atoms with E-state index in [1.165, 1.54) is 4.68 Å². The van der Waals surface area contributed by atoms with Gasteiger partial charge in [-0.25, -0.2) is 4.68 Å². The van der Waals surface area contributed by atoms with Crippen LogP contribution in [0.15, 0.2) is 59.8 Å². The smallest absolute Gasteiger partial charge is 0.210 e. The van der Waals surface area contributed by atoms with Crippen LogP contribution in [0.25, 0.3) is 11.4 Å². The van der Waals surface area contributed by atoms with E-state index < -0.39 is 0 Å². The van der Waals surface area contributed by atoms with Crippen molar-refractivity contribution in [3.05, 3.63) is 59.6 Å². The lowest BCUT2D eigenvalue weighted by Crippen LogP contribution is -2.12. The van der Waals surface area contributed by atoms with Gasteiger partial charge in [0.25, 0.3) is 0 Å². The summed E-state index contributed by atoms with van der Waals surface area (Å²) in [7, 11) is 0. The van der Waals surface area contributed by atoms with Crippen LogP contribution in [-0.4, -0.2) is 27.2 Å². The van der Waals surface area contributed by atoms with Crippen molar-refractivity contribution < 1.29 is 4.74 Å². The number of halogens is 1. The molecule has 0 unspecified atom stereocenters. The standard InChI is InChI=1S/C17H17ClN4OS/c18-15-10-5-4-9-14(15)16-20-21-17(22(16)19)24-12-6-11-23-13-7-2-1-3-8-13/h1-5,7-10H,6,11-12,19H2. The highest BCUT2D eigenvalue weighted by molar-refractivity contribution is 7.99. The van der Waals surface area contributed by atoms with E-state index in [-0.39, 0.29) is 0 Å². The maximum atomic E-state index is 6.18. The molecule has 1 aromatic heterocycles. The molecular formula is C17H17ClN4OS. The van der Waals surface area contributed by atoms with Gasteiger partial charge >= 0.3 is 0 Å². The third-order valence-electron chi connectivity index (χ3n) is 3.31. The molecule has 0 bridgehead atoms. The second-order valence-corrected chi connectivity index (χ2v) is 6.49. The van der Waals surface area contributed by atoms with Crippen LogP contribution in [0.4, 0.5) is 0 Å². The molecule has 0 fully saturated rings. The topological polar surface area (TPSA) is 66.0 Å². The first kappa shape index (κ1) is 16.7. The summed E-state index contributed by atoms with van der Waals surface area (Å²) in [5, 5.41) is 9.54. The summed E-state index contributed by atoms with van der Waals surface area (Å²) >= 11 is 7.73. The largest absolute Gasteiger partial charge is 0.494 e. The normalized spacial score (nSPS) is 10.7. The number of thioether (sulfide) groups is 1. The lowest BCUT2D eigenvalue weighted by molar-refractivity contribution is 0.318. The number of hydrogen-bond donors (Lipinski definition) is 1. The fraction of sp³-hybridized carbons (Fsp3) is 0.176. The molecule has 3 aromatic rings. The quantitative estimate of drug-likeness (QED) is 0.393. The van der Waals surface area contributed by atoms with Crippen molar-refractivity contribution in [1.29, 1.82) is 0 Å². The first-order valence-electron chi connectivity index (χ1n) is 7.52. The summed E-state index contributed by atoms with van der Waals surface area (Å²) in [4.78, 5) is 0. The molecule has 0 spiro atoms. The molecule has 3 rings (SSSR count). The van der Waals surface area contributed by atoms with Crippen LogP contribution < -0.4 is 10.6 Å². The first-order valence-corrected chi connectivity index (χ1v) is 8.88. The number of benzene rings is 2. The van der Waals surface area contributed by atoms with Crippen molar-refractivity contribution >= 4 is 23.4 Å². The second-order valence-electron chi connectivity index (χ2n) is 5.02. The van der Waals surface area contributed by atoms with Gasteiger partial charge < -0.3 is 10.6 Å². The Hall–Kier alpha value is -2.18. The van der Waals surface area contributed by atoms with Gasteiger partial charge in [0.05, 0.1) is 11.6 Å². The molecule has 0 aliphatic rings. The minimum Gasteiger partial charge on any atom is -0.494 e. The van der Waals surface area contributed by atoms with Crippen LogP contribution in [0.2, 0.25) is 5.02 Å². The number of para-hydroxylation sites is 1. The number of nitrogens with zero attached hydrogens (tertiary/aromatic N) is 3. The van der Waals surface area contributed by atoms with Gasteiger partial charge in [0, 0.05) is 11.3 Å². The predicted molar refractivity (Wildman–Crippen MR) is 97.9 cm³/mol. The Bertz CT molecular complexity index is 794. The minimum absolute atomic E-state index is 0.559. The Morgan fingerprint density at radius 3 is 2.58 bits per heavy atom. The number of hydrogen-bond acceptors (Lipinski definition) is 5. The lowest BCUT2D eigenvalue weighted by Gasteiger charge is -2.06. The number of rotatable bonds is 7. The molecule has 0 saturated heterocycles. The van der Waals surface area contributed by atoms with Crippen LogP contribution in [0.3, 0.4) is 0 Å². The molecule has 124 valence electrons. The molecule has 2 N–H and O–H groups in total. The average molecular weight is 361 g/mol. The number of ether oxygens (including phenoxy) is 1. The Morgan fingerprint density at radius 2 is 1.79 bits per heavy atom. The van der Waals surface area contributed by atoms with Crippen LogP contribution in [0.1, 0.15) is 6.42 Å². The molecular weight excluding hydrogens is 344 g/mol. The summed E-state index contributed by atoms with van der Waals surface area (Å²) in [6.45, 7) is 0.646. The molecule has 2 aromatic carbocycles. The number of aromatic nitrogens is 3. The SMILES string of the molecule is Nn1c(SCCCOc2ccccc2)nnc1-c1ccccc1Cl. The van der Waals surface area contributed by atoms with Crippen LogP contribution in [0, 0.1) is 0 Å². The molecule has 0 radical (unpaired) electrons. The van der Waals surface area contributed by atoms with E-state index in [4.69, 9.17) is 22.2 Å². The van der Waals surface area contributed by atoms with E-state index in [0.29, 0.717) is 22.6 Å². The van der Waals surface area contributed by atoms with Crippen molar-refractivity contribution in [1.82, 2.24) is 14.9 Å². The fourth-order valence-corrected chi connectivity index (χ4v) is 3.12. The monoisotopic (exact) mass is 360 g/mol. The highest BCUT2D eigenvalue weighted by atomic mass is 35.5. The lowest BCUT2D eigenvalue weighted by atomic mass is 10.2. The highest BCUT2D eigenvalue weighted by Gasteiger charge is 2.14. The third kappa shape index (κ3) is 4.01. The van der Waals surface area contributed by atoms with E-state index in [0.717, 1.165) is 23.5 Å². The summed E-state index contributed by atoms with van der Waals surface area (Å²) in [5.74, 6) is 8.37. The van der Waals surface area contributed by atoms with Crippen molar-refractivity contribution in [2.24, 2.45) is 0 Å². The van der Waals surface area contributed by atoms with Crippen molar-refractivity contribution in [2.45, 2.75) is 11.6 Å². The molecule has 24 heavy (non-hydrogen) atoms. The van der Waals surface area contributed by atoms with Gasteiger partial charge in [0.15, 0.2) is 5.82 Å². The summed E-state index contributed by atoms with van der Waals surface area (Å²) in [6, 6.07) is 17.2. The van der Waals surface area contributed by atoms with Gasteiger partial charge in [0.2, 0.25) is 5.16 Å². The Kier molecular flexibility index (Phi) is 5.61. The van der Waals surface area contributed by atoms with E-state index >= 15 is 0 Å². The molecule has 1 heterocycles. The Labute approximate surface area is 149 Å². The van der Waals surface area contributed by atoms with Crippen LogP contribution in [-0.2, 0) is 0 Å². The number of nitrogens with two attached hydrogens (primary N) is 1. The van der Waals surface area contributed by atoms with Gasteiger partial charge in [-0.05, 0) is 30.7 Å². The Morgan fingerprint density at radius 1 is 1.04 bits per heavy atom.